The van der Waals surface area contributed by atoms with Gasteiger partial charge in [0.05, 0.1) is 6.54 Å². The molecular weight excluding hydrogens is 376 g/mol. The van der Waals surface area contributed by atoms with E-state index in [4.69, 9.17) is 31.9 Å². The fourth-order valence-corrected chi connectivity index (χ4v) is 1.39. The van der Waals surface area contributed by atoms with Crippen LogP contribution < -0.4 is 22.5 Å². The van der Waals surface area contributed by atoms with Gasteiger partial charge in [-0.15, -0.1) is 0 Å². The third-order valence-corrected chi connectivity index (χ3v) is 3.46. The molecule has 1 aliphatic rings. The molecule has 0 amide bonds. The number of nitrogens with two attached hydrogens (primary N) is 3. The van der Waals surface area contributed by atoms with Crippen molar-refractivity contribution in [2.45, 2.75) is 58.2 Å². The van der Waals surface area contributed by atoms with Gasteiger partial charge >= 0.3 is 23.9 Å². The fourth-order valence-electron chi connectivity index (χ4n) is 1.39. The van der Waals surface area contributed by atoms with E-state index in [-0.39, 0.29) is 18.5 Å². The maximum Gasteiger partial charge on any atom is 0.320 e. The molecule has 1 rings (SSSR count). The number of hydrogen-bond donors (Lipinski definition) is 8. The Bertz CT molecular complexity index is 468. The van der Waals surface area contributed by atoms with E-state index in [1.807, 2.05) is 13.8 Å². The minimum Gasteiger partial charge on any atom is -0.480 e. The van der Waals surface area contributed by atoms with Gasteiger partial charge in [0.15, 0.2) is 0 Å². The zero-order valence-corrected chi connectivity index (χ0v) is 16.5. The van der Waals surface area contributed by atoms with Gasteiger partial charge in [-0.3, -0.25) is 19.2 Å². The van der Waals surface area contributed by atoms with Crippen LogP contribution >= 0.6 is 0 Å². The Morgan fingerprint density at radius 3 is 1.57 bits per heavy atom. The van der Waals surface area contributed by atoms with E-state index in [2.05, 4.69) is 11.1 Å². The monoisotopic (exact) mass is 410 g/mol. The zero-order valence-electron chi connectivity index (χ0n) is 16.5. The second-order valence-corrected chi connectivity index (χ2v) is 5.96. The van der Waals surface area contributed by atoms with Gasteiger partial charge in [0.2, 0.25) is 0 Å². The van der Waals surface area contributed by atoms with E-state index in [1.165, 1.54) is 6.92 Å². The quantitative estimate of drug-likeness (QED) is 0.255. The first kappa shape index (κ1) is 30.4. The van der Waals surface area contributed by atoms with Crippen LogP contribution in [0.25, 0.3) is 0 Å². The molecule has 0 aromatic rings. The number of carbonyl (C=O) groups is 4. The standard InChI is InChI=1S/C6H13NO2.C5H9NO2.C3H7NO2.C2H5NO2/c1-3-4(2)5(7)6(8)9;7-5(8)4-2-1-3-6-4;1-2(4)3(5)6;3-1-2(4)5/h4-5H,3,7H2,1-2H3,(H,8,9);4,6H,1-3H2,(H,7,8);2H,4H2,1H3,(H,5,6);1,3H2,(H,4,5)/t4-,5-;4-;2-;/m000./s1. The largest absolute Gasteiger partial charge is 0.480 e. The van der Waals surface area contributed by atoms with Gasteiger partial charge in [-0.1, -0.05) is 20.3 Å². The highest BCUT2D eigenvalue weighted by atomic mass is 16.4. The number of hydrogen-bond acceptors (Lipinski definition) is 8. The number of aliphatic carboxylic acids is 4. The average molecular weight is 410 g/mol. The van der Waals surface area contributed by atoms with Crippen molar-refractivity contribution in [1.29, 1.82) is 0 Å². The van der Waals surface area contributed by atoms with Gasteiger partial charge in [0.25, 0.3) is 0 Å². The van der Waals surface area contributed by atoms with Gasteiger partial charge in [0, 0.05) is 0 Å². The van der Waals surface area contributed by atoms with Crippen LogP contribution in [-0.4, -0.2) is 75.5 Å². The summed E-state index contributed by atoms with van der Waals surface area (Å²) in [5.41, 5.74) is 14.7. The lowest BCUT2D eigenvalue weighted by Gasteiger charge is -2.11. The van der Waals surface area contributed by atoms with Gasteiger partial charge in [-0.05, 0) is 32.2 Å². The summed E-state index contributed by atoms with van der Waals surface area (Å²) in [7, 11) is 0. The molecule has 0 saturated carbocycles. The highest BCUT2D eigenvalue weighted by molar-refractivity contribution is 5.74. The summed E-state index contributed by atoms with van der Waals surface area (Å²) in [5, 5.41) is 35.0. The molecule has 166 valence electrons. The van der Waals surface area contributed by atoms with Gasteiger partial charge in [0.1, 0.15) is 18.1 Å². The number of nitrogens with one attached hydrogen (secondary N) is 1. The first-order chi connectivity index (χ1) is 12.8. The molecule has 1 saturated heterocycles. The van der Waals surface area contributed by atoms with E-state index in [9.17, 15) is 19.2 Å². The first-order valence-corrected chi connectivity index (χ1v) is 8.66. The summed E-state index contributed by atoms with van der Waals surface area (Å²) in [6.07, 6.45) is 2.60. The minimum atomic E-state index is -0.968. The summed E-state index contributed by atoms with van der Waals surface area (Å²) in [5.74, 6) is -3.49. The Hall–Kier alpha value is -2.28. The second kappa shape index (κ2) is 18.1. The van der Waals surface area contributed by atoms with Crippen LogP contribution in [0.4, 0.5) is 0 Å². The third-order valence-electron chi connectivity index (χ3n) is 3.46. The predicted molar refractivity (Wildman–Crippen MR) is 102 cm³/mol. The molecule has 0 bridgehead atoms. The van der Waals surface area contributed by atoms with Crippen molar-refractivity contribution < 1.29 is 39.6 Å². The van der Waals surface area contributed by atoms with E-state index in [0.717, 1.165) is 25.8 Å². The van der Waals surface area contributed by atoms with Crippen LogP contribution in [0.2, 0.25) is 0 Å². The molecule has 28 heavy (non-hydrogen) atoms. The van der Waals surface area contributed by atoms with Crippen LogP contribution in [0.15, 0.2) is 0 Å². The van der Waals surface area contributed by atoms with Crippen molar-refractivity contribution in [1.82, 2.24) is 5.32 Å². The zero-order chi connectivity index (χ0) is 22.9. The molecule has 4 atom stereocenters. The molecule has 0 spiro atoms. The summed E-state index contributed by atoms with van der Waals surface area (Å²) in [6.45, 7) is 5.76. The molecule has 1 heterocycles. The fraction of sp³-hybridized carbons (Fsp3) is 0.750. The highest BCUT2D eigenvalue weighted by Crippen LogP contribution is 2.04. The normalized spacial score (nSPS) is 17.7. The maximum atomic E-state index is 10.2. The molecule has 1 fully saturated rings. The molecular formula is C16H34N4O8. The second-order valence-electron chi connectivity index (χ2n) is 5.96. The van der Waals surface area contributed by atoms with Crippen LogP contribution in [0.3, 0.4) is 0 Å². The van der Waals surface area contributed by atoms with Crippen molar-refractivity contribution in [3.05, 3.63) is 0 Å². The first-order valence-electron chi connectivity index (χ1n) is 8.66. The topological polar surface area (TPSA) is 239 Å². The van der Waals surface area contributed by atoms with Gasteiger partial charge in [-0.2, -0.15) is 0 Å². The lowest BCUT2D eigenvalue weighted by atomic mass is 10.0. The van der Waals surface area contributed by atoms with Crippen molar-refractivity contribution in [3.63, 3.8) is 0 Å². The molecule has 0 aromatic carbocycles. The molecule has 0 radical (unpaired) electrons. The Kier molecular flexibility index (Phi) is 19.7. The van der Waals surface area contributed by atoms with Crippen LogP contribution in [0, 0.1) is 5.92 Å². The molecule has 0 unspecified atom stereocenters. The molecule has 1 aliphatic heterocycles. The summed E-state index contributed by atoms with van der Waals surface area (Å²) in [4.78, 5) is 39.1. The summed E-state index contributed by atoms with van der Waals surface area (Å²) < 4.78 is 0. The van der Waals surface area contributed by atoms with Gasteiger partial charge in [-0.25, -0.2) is 0 Å². The van der Waals surface area contributed by atoms with Crippen LogP contribution in [0.1, 0.15) is 40.0 Å². The van der Waals surface area contributed by atoms with Crippen molar-refractivity contribution >= 4 is 23.9 Å². The molecule has 12 heteroatoms. The Balaban J connectivity index is -0.000000306. The average Bonchev–Trinajstić information content (AvgIpc) is 3.16. The molecule has 12 nitrogen and oxygen atoms in total. The van der Waals surface area contributed by atoms with Crippen LogP contribution in [0.5, 0.6) is 0 Å². The number of carboxylic acids is 4. The Morgan fingerprint density at radius 1 is 1.04 bits per heavy atom. The lowest BCUT2D eigenvalue weighted by Crippen LogP contribution is -2.36. The van der Waals surface area contributed by atoms with E-state index >= 15 is 0 Å². The predicted octanol–water partition coefficient (Wildman–Crippen LogP) is -1.28. The summed E-state index contributed by atoms with van der Waals surface area (Å²) >= 11 is 0. The number of carboxylic acid groups (broad SMARTS) is 4. The third kappa shape index (κ3) is 20.0. The highest BCUT2D eigenvalue weighted by Gasteiger charge is 2.20. The Morgan fingerprint density at radius 2 is 1.46 bits per heavy atom. The molecule has 0 aliphatic carbocycles. The SMILES string of the molecule is CC[C@H](C)[C@H](N)C(=O)O.C[C@H](N)C(=O)O.NCC(=O)O.O=C(O)[C@@H]1CCCN1. The summed E-state index contributed by atoms with van der Waals surface area (Å²) in [6, 6.07) is -1.70. The van der Waals surface area contributed by atoms with Gasteiger partial charge < -0.3 is 42.9 Å². The molecule has 0 aromatic heterocycles. The Labute approximate surface area is 164 Å². The van der Waals surface area contributed by atoms with E-state index in [0.29, 0.717) is 0 Å². The molecule has 11 N–H and O–H groups in total. The number of rotatable bonds is 6. The van der Waals surface area contributed by atoms with Crippen molar-refractivity contribution in [2.75, 3.05) is 13.1 Å². The lowest BCUT2D eigenvalue weighted by molar-refractivity contribution is -0.140. The van der Waals surface area contributed by atoms with E-state index < -0.39 is 36.0 Å². The van der Waals surface area contributed by atoms with E-state index in [1.54, 1.807) is 0 Å². The van der Waals surface area contributed by atoms with Crippen molar-refractivity contribution in [3.8, 4) is 0 Å². The van der Waals surface area contributed by atoms with Crippen LogP contribution in [-0.2, 0) is 19.2 Å². The van der Waals surface area contributed by atoms with Crippen molar-refractivity contribution in [2.24, 2.45) is 23.1 Å². The minimum absolute atomic E-state index is 0.0718. The maximum absolute atomic E-state index is 10.2. The smallest absolute Gasteiger partial charge is 0.320 e.